The summed E-state index contributed by atoms with van der Waals surface area (Å²) in [5, 5.41) is 22.1. The van der Waals surface area contributed by atoms with Crippen LogP contribution in [0.3, 0.4) is 0 Å². The Hall–Kier alpha value is -2.83. The van der Waals surface area contributed by atoms with Crippen LogP contribution in [0.2, 0.25) is 5.02 Å². The van der Waals surface area contributed by atoms with Crippen molar-refractivity contribution in [3.05, 3.63) is 101 Å². The molecule has 0 aliphatic heterocycles. The molecule has 0 amide bonds. The standard InChI is InChI=1S/C24H17ClN2O3.Na/c25-17-11-12-20(28)18(13-17)19(14-21(29)30)24-26-22(15-7-3-1-4-8-15)23(27-24)16-9-5-2-6-10-16;/h1-14,28H,(H,26,27)(H,29,30);/q;+1/p-1. The Bertz CT molecular complexity index is 1180. The number of benzene rings is 3. The average molecular weight is 439 g/mol. The molecule has 0 atom stereocenters. The largest absolute Gasteiger partial charge is 1.00 e. The van der Waals surface area contributed by atoms with E-state index in [4.69, 9.17) is 11.6 Å². The molecule has 0 unspecified atom stereocenters. The Morgan fingerprint density at radius 2 is 1.58 bits per heavy atom. The Balaban J connectivity index is 0.00000272. The number of imidazole rings is 1. The maximum absolute atomic E-state index is 11.4. The van der Waals surface area contributed by atoms with Crippen molar-refractivity contribution in [1.82, 2.24) is 9.97 Å². The number of aromatic nitrogens is 2. The van der Waals surface area contributed by atoms with Crippen molar-refractivity contribution in [2.45, 2.75) is 0 Å². The van der Waals surface area contributed by atoms with Crippen LogP contribution in [0.25, 0.3) is 28.1 Å². The second-order valence-electron chi connectivity index (χ2n) is 6.58. The van der Waals surface area contributed by atoms with E-state index in [-0.39, 0.29) is 52.3 Å². The summed E-state index contributed by atoms with van der Waals surface area (Å²) < 4.78 is 0. The second kappa shape index (κ2) is 9.98. The molecule has 0 saturated carbocycles. The average Bonchev–Trinajstić information content (AvgIpc) is 3.20. The van der Waals surface area contributed by atoms with Crippen LogP contribution >= 0.6 is 11.6 Å². The molecule has 0 saturated heterocycles. The number of phenols is 1. The summed E-state index contributed by atoms with van der Waals surface area (Å²) in [6, 6.07) is 23.6. The van der Waals surface area contributed by atoms with Crippen LogP contribution < -0.4 is 34.7 Å². The van der Waals surface area contributed by atoms with Gasteiger partial charge in [0.05, 0.1) is 17.4 Å². The van der Waals surface area contributed by atoms with Crippen LogP contribution in [-0.4, -0.2) is 21.0 Å². The van der Waals surface area contributed by atoms with Crippen molar-refractivity contribution < 1.29 is 44.6 Å². The van der Waals surface area contributed by atoms with Crippen LogP contribution in [0, 0.1) is 0 Å². The quantitative estimate of drug-likeness (QED) is 0.363. The van der Waals surface area contributed by atoms with Gasteiger partial charge in [-0.15, -0.1) is 0 Å². The van der Waals surface area contributed by atoms with Crippen LogP contribution in [0.4, 0.5) is 0 Å². The summed E-state index contributed by atoms with van der Waals surface area (Å²) >= 11 is 6.08. The monoisotopic (exact) mass is 438 g/mol. The summed E-state index contributed by atoms with van der Waals surface area (Å²) in [5.74, 6) is -1.26. The number of halogens is 1. The summed E-state index contributed by atoms with van der Waals surface area (Å²) in [7, 11) is 0. The van der Waals surface area contributed by atoms with Gasteiger partial charge in [0.25, 0.3) is 0 Å². The summed E-state index contributed by atoms with van der Waals surface area (Å²) in [6.07, 6.45) is 0.897. The van der Waals surface area contributed by atoms with Crippen LogP contribution in [0.5, 0.6) is 5.75 Å². The zero-order valence-electron chi connectivity index (χ0n) is 16.7. The number of hydrogen-bond acceptors (Lipinski definition) is 4. The van der Waals surface area contributed by atoms with Gasteiger partial charge in [0.1, 0.15) is 11.6 Å². The summed E-state index contributed by atoms with van der Waals surface area (Å²) in [5.41, 5.74) is 3.53. The number of carbonyl (C=O) groups excluding carboxylic acids is 1. The molecule has 0 aliphatic carbocycles. The number of rotatable bonds is 5. The molecule has 0 radical (unpaired) electrons. The number of H-pyrrole nitrogens is 1. The fraction of sp³-hybridized carbons (Fsp3) is 0. The van der Waals surface area contributed by atoms with E-state index in [0.717, 1.165) is 22.9 Å². The molecule has 4 rings (SSSR count). The van der Waals surface area contributed by atoms with Gasteiger partial charge < -0.3 is 20.0 Å². The van der Waals surface area contributed by atoms with Gasteiger partial charge in [0.15, 0.2) is 0 Å². The molecule has 0 fully saturated rings. The van der Waals surface area contributed by atoms with Gasteiger partial charge in [0.2, 0.25) is 0 Å². The maximum atomic E-state index is 11.4. The third-order valence-corrected chi connectivity index (χ3v) is 4.81. The van der Waals surface area contributed by atoms with E-state index in [0.29, 0.717) is 10.7 Å². The predicted octanol–water partition coefficient (Wildman–Crippen LogP) is 1.29. The number of phenolic OH excluding ortho intramolecular Hbond substituents is 1. The first-order valence-corrected chi connectivity index (χ1v) is 9.53. The van der Waals surface area contributed by atoms with Crippen molar-refractivity contribution in [2.75, 3.05) is 0 Å². The van der Waals surface area contributed by atoms with Gasteiger partial charge in [-0.2, -0.15) is 0 Å². The Morgan fingerprint density at radius 1 is 0.968 bits per heavy atom. The Labute approximate surface area is 206 Å². The van der Waals surface area contributed by atoms with Crippen molar-refractivity contribution in [1.29, 1.82) is 0 Å². The van der Waals surface area contributed by atoms with Gasteiger partial charge >= 0.3 is 29.6 Å². The minimum absolute atomic E-state index is 0. The third kappa shape index (κ3) is 5.09. The molecule has 0 spiro atoms. The van der Waals surface area contributed by atoms with Gasteiger partial charge in [-0.25, -0.2) is 4.98 Å². The molecule has 0 bridgehead atoms. The fourth-order valence-electron chi connectivity index (χ4n) is 3.23. The van der Waals surface area contributed by atoms with Gasteiger partial charge in [0, 0.05) is 27.3 Å². The number of nitrogens with one attached hydrogen (secondary N) is 1. The molecule has 7 heteroatoms. The van der Waals surface area contributed by atoms with Gasteiger partial charge in [-0.05, 0) is 24.3 Å². The van der Waals surface area contributed by atoms with Crippen LogP contribution in [0.15, 0.2) is 84.9 Å². The minimum Gasteiger partial charge on any atom is -0.545 e. The maximum Gasteiger partial charge on any atom is 1.00 e. The van der Waals surface area contributed by atoms with E-state index in [1.807, 2.05) is 60.7 Å². The number of aromatic amines is 1. The smallest absolute Gasteiger partial charge is 0.545 e. The van der Waals surface area contributed by atoms with E-state index in [9.17, 15) is 15.0 Å². The minimum atomic E-state index is -1.41. The first-order chi connectivity index (χ1) is 14.5. The molecule has 148 valence electrons. The molecule has 5 nitrogen and oxygen atoms in total. The van der Waals surface area contributed by atoms with Crippen molar-refractivity contribution in [2.24, 2.45) is 0 Å². The first-order valence-electron chi connectivity index (χ1n) is 9.15. The Morgan fingerprint density at radius 3 is 2.19 bits per heavy atom. The molecule has 3 aromatic carbocycles. The number of aromatic hydroxyl groups is 1. The fourth-order valence-corrected chi connectivity index (χ4v) is 3.41. The van der Waals surface area contributed by atoms with Crippen molar-refractivity contribution in [3.63, 3.8) is 0 Å². The Kier molecular flexibility index (Phi) is 7.36. The van der Waals surface area contributed by atoms with E-state index in [1.165, 1.54) is 18.2 Å². The number of aliphatic carboxylic acids is 1. The van der Waals surface area contributed by atoms with Crippen molar-refractivity contribution >= 4 is 23.1 Å². The molecule has 1 aromatic heterocycles. The summed E-state index contributed by atoms with van der Waals surface area (Å²) in [4.78, 5) is 19.4. The molecule has 0 aliphatic rings. The van der Waals surface area contributed by atoms with E-state index in [2.05, 4.69) is 9.97 Å². The number of carboxylic acid groups (broad SMARTS) is 1. The SMILES string of the molecule is O=C([O-])C=C(c1nc(-c2ccccc2)c(-c2ccccc2)[nH]1)c1cc(Cl)ccc1O.[Na+]. The number of nitrogens with zero attached hydrogens (tertiary/aromatic N) is 1. The summed E-state index contributed by atoms with van der Waals surface area (Å²) in [6.45, 7) is 0. The molecular weight excluding hydrogens is 423 g/mol. The van der Waals surface area contributed by atoms with Gasteiger partial charge in [-0.1, -0.05) is 72.3 Å². The molecule has 2 N–H and O–H groups in total. The van der Waals surface area contributed by atoms with E-state index < -0.39 is 5.97 Å². The van der Waals surface area contributed by atoms with Crippen LogP contribution in [0.1, 0.15) is 11.4 Å². The normalized spacial score (nSPS) is 11.1. The third-order valence-electron chi connectivity index (χ3n) is 4.58. The van der Waals surface area contributed by atoms with Crippen LogP contribution in [-0.2, 0) is 4.79 Å². The number of hydrogen-bond donors (Lipinski definition) is 2. The van der Waals surface area contributed by atoms with E-state index in [1.54, 1.807) is 0 Å². The van der Waals surface area contributed by atoms with E-state index >= 15 is 0 Å². The number of carboxylic acids is 1. The first kappa shape index (κ1) is 22.8. The van der Waals surface area contributed by atoms with Crippen molar-refractivity contribution in [3.8, 4) is 28.3 Å². The molecular formula is C24H16ClN2NaO3. The molecule has 1 heterocycles. The zero-order valence-corrected chi connectivity index (χ0v) is 19.4. The molecule has 31 heavy (non-hydrogen) atoms. The van der Waals surface area contributed by atoms with Gasteiger partial charge in [-0.3, -0.25) is 0 Å². The zero-order chi connectivity index (χ0) is 21.1. The second-order valence-corrected chi connectivity index (χ2v) is 7.02. The number of carbonyl (C=O) groups is 1. The topological polar surface area (TPSA) is 89.0 Å². The predicted molar refractivity (Wildman–Crippen MR) is 115 cm³/mol. The molecule has 4 aromatic rings.